The molecule has 5 heterocycles. The van der Waals surface area contributed by atoms with Crippen molar-refractivity contribution in [1.29, 1.82) is 0 Å². The minimum Gasteiger partial charge on any atom is -0.355 e. The van der Waals surface area contributed by atoms with Gasteiger partial charge >= 0.3 is 0 Å². The molecule has 2 N–H and O–H groups in total. The molecule has 3 aromatic heterocycles. The summed E-state index contributed by atoms with van der Waals surface area (Å²) in [5.41, 5.74) is 10.1. The Kier molecular flexibility index (Phi) is 5.28. The summed E-state index contributed by atoms with van der Waals surface area (Å²) >= 11 is 0. The molecule has 7 rings (SSSR count). The number of rotatable bonds is 1. The number of aromatic nitrogens is 4. The fourth-order valence-electron chi connectivity index (χ4n) is 4.70. The number of hydrogen-bond donors (Lipinski definition) is 2. The summed E-state index contributed by atoms with van der Waals surface area (Å²) in [5.74, 6) is 0. The van der Waals surface area contributed by atoms with Gasteiger partial charge in [0, 0.05) is 47.1 Å². The zero-order chi connectivity index (χ0) is 22.5. The molecule has 0 atom stereocenters. The minimum atomic E-state index is 0. The van der Waals surface area contributed by atoms with Crippen molar-refractivity contribution in [2.45, 2.75) is 0 Å². The van der Waals surface area contributed by atoms with Gasteiger partial charge < -0.3 is 9.97 Å². The third kappa shape index (κ3) is 4.05. The van der Waals surface area contributed by atoms with Gasteiger partial charge in [-0.15, -0.1) is 0 Å². The van der Waals surface area contributed by atoms with Crippen LogP contribution in [0.25, 0.3) is 68.3 Å². The second-order valence-corrected chi connectivity index (χ2v) is 8.61. The monoisotopic (exact) mass is 500 g/mol. The summed E-state index contributed by atoms with van der Waals surface area (Å²) in [6.07, 6.45) is 8.20. The fraction of sp³-hybridized carbons (Fsp3) is 0. The van der Waals surface area contributed by atoms with Crippen LogP contribution in [-0.2, 0) is 19.5 Å². The first-order chi connectivity index (χ1) is 16.8. The Hall–Kier alpha value is -4.08. The minimum absolute atomic E-state index is 0. The molecule has 162 valence electrons. The van der Waals surface area contributed by atoms with Gasteiger partial charge in [-0.3, -0.25) is 0 Å². The Morgan fingerprint density at radius 2 is 1.09 bits per heavy atom. The zero-order valence-corrected chi connectivity index (χ0v) is 22.0. The van der Waals surface area contributed by atoms with E-state index in [-0.39, 0.29) is 19.5 Å². The van der Waals surface area contributed by atoms with Gasteiger partial charge in [-0.1, -0.05) is 42.5 Å². The van der Waals surface area contributed by atoms with Crippen LogP contribution in [0, 0.1) is 0 Å². The molecule has 0 saturated heterocycles. The summed E-state index contributed by atoms with van der Waals surface area (Å²) in [4.78, 5) is 16.6. The molecule has 0 aliphatic carbocycles. The zero-order valence-electron chi connectivity index (χ0n) is 19.0. The van der Waals surface area contributed by atoms with Gasteiger partial charge in [0.1, 0.15) is 0 Å². The van der Waals surface area contributed by atoms with Crippen LogP contribution in [0.1, 0.15) is 22.8 Å². The molecular weight excluding hydrogens is 482 g/mol. The molecule has 2 aliphatic rings. The van der Waals surface area contributed by atoms with Crippen molar-refractivity contribution in [3.05, 3.63) is 108 Å². The Morgan fingerprint density at radius 1 is 0.486 bits per heavy atom. The number of H-pyrrole nitrogens is 2. The first kappa shape index (κ1) is 21.5. The Bertz CT molecular complexity index is 1820. The molecule has 2 aromatic carbocycles. The molecule has 5 heteroatoms. The smallest absolute Gasteiger partial charge is 0.0658 e. The second kappa shape index (κ2) is 8.61. The first-order valence-corrected chi connectivity index (χ1v) is 11.3. The van der Waals surface area contributed by atoms with Crippen LogP contribution in [-0.4, -0.2) is 19.9 Å². The third-order valence-electron chi connectivity index (χ3n) is 6.25. The quantitative estimate of drug-likeness (QED) is 0.229. The van der Waals surface area contributed by atoms with E-state index < -0.39 is 0 Å². The predicted molar refractivity (Wildman–Crippen MR) is 142 cm³/mol. The molecule has 0 spiro atoms. The average Bonchev–Trinajstić information content (AvgIpc) is 3.64. The predicted octanol–water partition coefficient (Wildman–Crippen LogP) is 7.47. The normalized spacial score (nSPS) is 12.1. The number of aromatic amines is 2. The van der Waals surface area contributed by atoms with Crippen molar-refractivity contribution in [2.75, 3.05) is 0 Å². The topological polar surface area (TPSA) is 57.4 Å². The summed E-state index contributed by atoms with van der Waals surface area (Å²) < 4.78 is 0. The van der Waals surface area contributed by atoms with Crippen LogP contribution in [0.2, 0.25) is 0 Å². The van der Waals surface area contributed by atoms with Crippen LogP contribution in [0.5, 0.6) is 0 Å². The maximum Gasteiger partial charge on any atom is 0.0658 e. The Labute approximate surface area is 214 Å². The largest absolute Gasteiger partial charge is 0.355 e. The van der Waals surface area contributed by atoms with Gasteiger partial charge in [-0.25, -0.2) is 9.97 Å². The molecular formula is C30H20N4Zn. The van der Waals surface area contributed by atoms with Gasteiger partial charge in [0.2, 0.25) is 0 Å². The van der Waals surface area contributed by atoms with E-state index >= 15 is 0 Å². The van der Waals surface area contributed by atoms with Crippen molar-refractivity contribution >= 4 is 57.1 Å². The van der Waals surface area contributed by atoms with Crippen molar-refractivity contribution in [3.63, 3.8) is 0 Å². The summed E-state index contributed by atoms with van der Waals surface area (Å²) in [6.45, 7) is 0. The molecule has 2 aliphatic heterocycles. The van der Waals surface area contributed by atoms with E-state index in [1.165, 1.54) is 16.3 Å². The van der Waals surface area contributed by atoms with Gasteiger partial charge in [0.25, 0.3) is 0 Å². The molecule has 5 aromatic rings. The maximum absolute atomic E-state index is 4.83. The fourth-order valence-corrected chi connectivity index (χ4v) is 4.70. The number of nitrogens with zero attached hydrogens (tertiary/aromatic N) is 2. The number of fused-ring (bicyclic) bond motifs is 9. The van der Waals surface area contributed by atoms with Crippen LogP contribution in [0.3, 0.4) is 0 Å². The van der Waals surface area contributed by atoms with E-state index in [1.807, 2.05) is 18.2 Å². The van der Waals surface area contributed by atoms with Crippen molar-refractivity contribution in [3.8, 4) is 11.1 Å². The van der Waals surface area contributed by atoms with Gasteiger partial charge in [0.15, 0.2) is 0 Å². The molecule has 0 saturated carbocycles. The van der Waals surface area contributed by atoms with Crippen LogP contribution in [0.15, 0.2) is 84.9 Å². The van der Waals surface area contributed by atoms with E-state index in [0.717, 1.165) is 50.4 Å². The van der Waals surface area contributed by atoms with Crippen molar-refractivity contribution < 1.29 is 19.5 Å². The van der Waals surface area contributed by atoms with E-state index in [0.29, 0.717) is 0 Å². The van der Waals surface area contributed by atoms with Gasteiger partial charge in [-0.05, 0) is 83.1 Å². The Morgan fingerprint density at radius 3 is 1.80 bits per heavy atom. The molecule has 0 fully saturated rings. The van der Waals surface area contributed by atoms with Crippen LogP contribution < -0.4 is 0 Å². The average molecular weight is 502 g/mol. The van der Waals surface area contributed by atoms with Crippen molar-refractivity contribution in [1.82, 2.24) is 19.9 Å². The van der Waals surface area contributed by atoms with E-state index in [4.69, 9.17) is 9.97 Å². The standard InChI is InChI=1S/C30H20N4.Zn/c1-2-6-27-19(4-1)5-3-7-28(27)29-17-26-16-24-11-10-22(32-24)14-20-8-9-21(31-20)15-23-12-13-25(33-23)18-30(29)34-26;/h1-18,31,34H;. The molecule has 8 bridgehead atoms. The molecule has 0 radical (unpaired) electrons. The molecule has 0 unspecified atom stereocenters. The SMILES string of the molecule is C1=Cc2cc3cc(-c4cccc5ccccc45)c(cc4nc(cc5ccc(cc1n2)[nH]5)C=C4)[nH]3.[Zn]. The Balaban J connectivity index is 0.00000229. The number of nitrogens with one attached hydrogen (secondary N) is 2. The summed E-state index contributed by atoms with van der Waals surface area (Å²) in [5, 5.41) is 2.45. The van der Waals surface area contributed by atoms with Crippen LogP contribution in [0.4, 0.5) is 0 Å². The molecule has 35 heavy (non-hydrogen) atoms. The summed E-state index contributed by atoms with van der Waals surface area (Å²) in [7, 11) is 0. The second-order valence-electron chi connectivity index (χ2n) is 8.61. The van der Waals surface area contributed by atoms with Crippen LogP contribution >= 0.6 is 0 Å². The van der Waals surface area contributed by atoms with Crippen molar-refractivity contribution in [2.24, 2.45) is 0 Å². The van der Waals surface area contributed by atoms with Gasteiger partial charge in [-0.2, -0.15) is 0 Å². The third-order valence-corrected chi connectivity index (χ3v) is 6.25. The van der Waals surface area contributed by atoms with Gasteiger partial charge in [0.05, 0.1) is 22.8 Å². The number of benzene rings is 2. The molecule has 4 nitrogen and oxygen atoms in total. The number of hydrogen-bond acceptors (Lipinski definition) is 2. The van der Waals surface area contributed by atoms with E-state index in [9.17, 15) is 0 Å². The first-order valence-electron chi connectivity index (χ1n) is 11.3. The maximum atomic E-state index is 4.83. The molecule has 0 amide bonds. The van der Waals surface area contributed by atoms with E-state index in [1.54, 1.807) is 0 Å². The van der Waals surface area contributed by atoms with E-state index in [2.05, 4.69) is 101 Å². The summed E-state index contributed by atoms with van der Waals surface area (Å²) in [6, 6.07) is 29.6.